The summed E-state index contributed by atoms with van der Waals surface area (Å²) in [6.07, 6.45) is 3.07. The monoisotopic (exact) mass is 505 g/mol. The third-order valence-electron chi connectivity index (χ3n) is 6.06. The van der Waals surface area contributed by atoms with Crippen molar-refractivity contribution in [2.45, 2.75) is 65.1 Å². The number of anilines is 1. The molecule has 6 nitrogen and oxygen atoms in total. The van der Waals surface area contributed by atoms with Gasteiger partial charge < -0.3 is 20.6 Å². The number of aliphatic hydroxyl groups excluding tert-OH is 1. The van der Waals surface area contributed by atoms with Gasteiger partial charge in [0.25, 0.3) is 0 Å². The third kappa shape index (κ3) is 7.11. The van der Waals surface area contributed by atoms with Gasteiger partial charge in [0, 0.05) is 23.7 Å². The van der Waals surface area contributed by atoms with Crippen molar-refractivity contribution < 1.29 is 14.7 Å². The summed E-state index contributed by atoms with van der Waals surface area (Å²) in [6, 6.07) is 12.2. The van der Waals surface area contributed by atoms with E-state index in [1.54, 1.807) is 23.1 Å². The van der Waals surface area contributed by atoms with Crippen molar-refractivity contribution in [3.63, 3.8) is 0 Å². The molecule has 0 saturated heterocycles. The molecule has 0 bridgehead atoms. The highest BCUT2D eigenvalue weighted by molar-refractivity contribution is 6.42. The normalized spacial score (nSPS) is 15.1. The van der Waals surface area contributed by atoms with Crippen LogP contribution in [0.2, 0.25) is 10.0 Å². The summed E-state index contributed by atoms with van der Waals surface area (Å²) < 4.78 is 0. The number of carbonyl (C=O) groups is 2. The Kier molecular flexibility index (Phi) is 8.85. The van der Waals surface area contributed by atoms with E-state index in [1.165, 1.54) is 0 Å². The van der Waals surface area contributed by atoms with Crippen LogP contribution in [0.25, 0.3) is 0 Å². The van der Waals surface area contributed by atoms with Gasteiger partial charge in [0.2, 0.25) is 5.91 Å². The minimum Gasteiger partial charge on any atom is -0.387 e. The molecule has 184 valence electrons. The van der Waals surface area contributed by atoms with E-state index in [1.807, 2.05) is 45.0 Å². The fourth-order valence-corrected chi connectivity index (χ4v) is 4.28. The third-order valence-corrected chi connectivity index (χ3v) is 6.80. The van der Waals surface area contributed by atoms with Gasteiger partial charge in [0.1, 0.15) is 0 Å². The average molecular weight is 506 g/mol. The first kappa shape index (κ1) is 26.3. The van der Waals surface area contributed by atoms with Gasteiger partial charge in [-0.15, -0.1) is 0 Å². The number of nitrogens with one attached hydrogen (secondary N) is 2. The molecule has 3 N–H and O–H groups in total. The smallest absolute Gasteiger partial charge is 0.322 e. The average Bonchev–Trinajstić information content (AvgIpc) is 3.32. The van der Waals surface area contributed by atoms with Gasteiger partial charge in [-0.25, -0.2) is 4.79 Å². The van der Waals surface area contributed by atoms with Crippen molar-refractivity contribution in [1.82, 2.24) is 10.2 Å². The maximum atomic E-state index is 13.2. The molecule has 1 saturated carbocycles. The number of benzene rings is 2. The van der Waals surface area contributed by atoms with E-state index in [-0.39, 0.29) is 24.5 Å². The Morgan fingerprint density at radius 3 is 2.29 bits per heavy atom. The largest absolute Gasteiger partial charge is 0.387 e. The number of aliphatic hydroxyl groups is 1. The molecule has 1 fully saturated rings. The standard InChI is InChI=1S/C26H33Cl2N3O3/c1-26(2,3)24(33)29-15-17-8-11-19(12-9-17)30-25(34)31(20-6-4-5-7-20)16-23(32)18-10-13-21(27)22(28)14-18/h8-14,20,23,32H,4-7,15-16H2,1-3H3,(H,29,33)(H,30,34)/t23-/m1/s1. The second kappa shape index (κ2) is 11.4. The zero-order valence-electron chi connectivity index (χ0n) is 19.9. The molecular weight excluding hydrogens is 473 g/mol. The Balaban J connectivity index is 1.65. The fraction of sp³-hybridized carbons (Fsp3) is 0.462. The van der Waals surface area contributed by atoms with E-state index >= 15 is 0 Å². The summed E-state index contributed by atoms with van der Waals surface area (Å²) in [4.78, 5) is 27.0. The number of carbonyl (C=O) groups excluding carboxylic acids is 2. The quantitative estimate of drug-likeness (QED) is 0.420. The fourth-order valence-electron chi connectivity index (χ4n) is 3.97. The molecule has 8 heteroatoms. The molecule has 0 radical (unpaired) electrons. The lowest BCUT2D eigenvalue weighted by molar-refractivity contribution is -0.128. The topological polar surface area (TPSA) is 81.7 Å². The number of rotatable bonds is 7. The molecule has 1 atom stereocenters. The van der Waals surface area contributed by atoms with Crippen molar-refractivity contribution in [3.8, 4) is 0 Å². The summed E-state index contributed by atoms with van der Waals surface area (Å²) in [6.45, 7) is 6.19. The van der Waals surface area contributed by atoms with E-state index in [9.17, 15) is 14.7 Å². The molecule has 2 aromatic carbocycles. The van der Waals surface area contributed by atoms with Crippen LogP contribution >= 0.6 is 23.2 Å². The van der Waals surface area contributed by atoms with E-state index < -0.39 is 11.5 Å². The minimum atomic E-state index is -0.880. The number of amides is 3. The van der Waals surface area contributed by atoms with Crippen LogP contribution in [0.15, 0.2) is 42.5 Å². The van der Waals surface area contributed by atoms with Crippen LogP contribution in [0.1, 0.15) is 63.7 Å². The second-order valence-electron chi connectivity index (χ2n) is 9.84. The Bertz CT molecular complexity index is 999. The lowest BCUT2D eigenvalue weighted by Crippen LogP contribution is -2.44. The van der Waals surface area contributed by atoms with E-state index in [2.05, 4.69) is 10.6 Å². The molecule has 3 rings (SSSR count). The van der Waals surface area contributed by atoms with Crippen LogP contribution in [0.3, 0.4) is 0 Å². The number of halogens is 2. The van der Waals surface area contributed by atoms with E-state index in [4.69, 9.17) is 23.2 Å². The van der Waals surface area contributed by atoms with Gasteiger partial charge in [0.05, 0.1) is 22.7 Å². The Morgan fingerprint density at radius 1 is 1.06 bits per heavy atom. The molecule has 34 heavy (non-hydrogen) atoms. The molecule has 1 aliphatic carbocycles. The van der Waals surface area contributed by atoms with Crippen molar-refractivity contribution in [2.24, 2.45) is 5.41 Å². The molecule has 0 heterocycles. The zero-order valence-corrected chi connectivity index (χ0v) is 21.4. The highest BCUT2D eigenvalue weighted by Crippen LogP contribution is 2.29. The SMILES string of the molecule is CC(C)(C)C(=O)NCc1ccc(NC(=O)N(C[C@@H](O)c2ccc(Cl)c(Cl)c2)C2CCCC2)cc1. The van der Waals surface area contributed by atoms with Crippen LogP contribution in [-0.4, -0.2) is 34.5 Å². The van der Waals surface area contributed by atoms with Crippen LogP contribution in [0.5, 0.6) is 0 Å². The van der Waals surface area contributed by atoms with Gasteiger partial charge in [-0.3, -0.25) is 4.79 Å². The van der Waals surface area contributed by atoms with Crippen LogP contribution in [-0.2, 0) is 11.3 Å². The predicted octanol–water partition coefficient (Wildman–Crippen LogP) is 6.17. The molecule has 0 spiro atoms. The number of hydrogen-bond acceptors (Lipinski definition) is 3. The maximum absolute atomic E-state index is 13.2. The summed E-state index contributed by atoms with van der Waals surface area (Å²) in [5, 5.41) is 17.5. The van der Waals surface area contributed by atoms with Crippen molar-refractivity contribution in [1.29, 1.82) is 0 Å². The molecule has 0 aliphatic heterocycles. The highest BCUT2D eigenvalue weighted by Gasteiger charge is 2.29. The molecule has 2 aromatic rings. The van der Waals surface area contributed by atoms with Crippen molar-refractivity contribution >= 4 is 40.8 Å². The summed E-state index contributed by atoms with van der Waals surface area (Å²) >= 11 is 12.1. The van der Waals surface area contributed by atoms with E-state index in [0.29, 0.717) is 27.8 Å². The molecule has 1 aliphatic rings. The molecule has 3 amide bonds. The number of hydrogen-bond donors (Lipinski definition) is 3. The molecule has 0 unspecified atom stereocenters. The molecular formula is C26H33Cl2N3O3. The van der Waals surface area contributed by atoms with Gasteiger partial charge in [0.15, 0.2) is 0 Å². The first-order valence-corrected chi connectivity index (χ1v) is 12.4. The molecule has 0 aromatic heterocycles. The Morgan fingerprint density at radius 2 is 1.71 bits per heavy atom. The van der Waals surface area contributed by atoms with Gasteiger partial charge in [-0.05, 0) is 48.2 Å². The van der Waals surface area contributed by atoms with Crippen LogP contribution in [0.4, 0.5) is 10.5 Å². The number of urea groups is 1. The Hall–Kier alpha value is -2.28. The lowest BCUT2D eigenvalue weighted by Gasteiger charge is -2.31. The summed E-state index contributed by atoms with van der Waals surface area (Å²) in [7, 11) is 0. The van der Waals surface area contributed by atoms with Gasteiger partial charge in [-0.2, -0.15) is 0 Å². The van der Waals surface area contributed by atoms with Crippen LogP contribution in [0, 0.1) is 5.41 Å². The maximum Gasteiger partial charge on any atom is 0.322 e. The second-order valence-corrected chi connectivity index (χ2v) is 10.7. The number of nitrogens with zero attached hydrogens (tertiary/aromatic N) is 1. The zero-order chi connectivity index (χ0) is 24.9. The summed E-state index contributed by atoms with van der Waals surface area (Å²) in [5.74, 6) is -0.0161. The lowest BCUT2D eigenvalue weighted by atomic mass is 9.95. The minimum absolute atomic E-state index is 0.0161. The predicted molar refractivity (Wildman–Crippen MR) is 137 cm³/mol. The highest BCUT2D eigenvalue weighted by atomic mass is 35.5. The van der Waals surface area contributed by atoms with Crippen LogP contribution < -0.4 is 10.6 Å². The van der Waals surface area contributed by atoms with Crippen molar-refractivity contribution in [2.75, 3.05) is 11.9 Å². The first-order chi connectivity index (χ1) is 16.0. The van der Waals surface area contributed by atoms with Gasteiger partial charge in [-0.1, -0.05) is 75.0 Å². The van der Waals surface area contributed by atoms with Crippen molar-refractivity contribution in [3.05, 3.63) is 63.6 Å². The van der Waals surface area contributed by atoms with E-state index in [0.717, 1.165) is 31.2 Å². The van der Waals surface area contributed by atoms with Gasteiger partial charge >= 0.3 is 6.03 Å². The Labute approximate surface area is 211 Å². The first-order valence-electron chi connectivity index (χ1n) is 11.6. The summed E-state index contributed by atoms with van der Waals surface area (Å²) in [5.41, 5.74) is 1.77.